The molecular weight excluding hydrogens is 405 g/mol. The minimum Gasteiger partial charge on any atom is -0.120 e. The predicted molar refractivity (Wildman–Crippen MR) is 114 cm³/mol. The van der Waals surface area contributed by atoms with Crippen LogP contribution in [0.15, 0.2) is 65.8 Å². The Morgan fingerprint density at radius 2 is 0.318 bits per heavy atom. The molecule has 1 aliphatic rings. The van der Waals surface area contributed by atoms with Crippen molar-refractivity contribution in [2.75, 3.05) is 0 Å². The van der Waals surface area contributed by atoms with Crippen LogP contribution in [-0.2, 0) is 0 Å². The third-order valence-corrected chi connectivity index (χ3v) is 5.86. The lowest BCUT2D eigenvalue weighted by atomic mass is 9.97. The minimum atomic E-state index is -0.437. The zero-order valence-corrected chi connectivity index (χ0v) is 17.3. The third-order valence-electron chi connectivity index (χ3n) is 1.83. The molecule has 22 heavy (non-hydrogen) atoms. The Labute approximate surface area is 167 Å². The zero-order chi connectivity index (χ0) is 19.5. The van der Waals surface area contributed by atoms with Crippen LogP contribution in [0, 0.1) is 0 Å². The van der Waals surface area contributed by atoms with Gasteiger partial charge in [0.2, 0.25) is 0 Å². The maximum Gasteiger partial charge on any atom is 0.0693 e. The van der Waals surface area contributed by atoms with E-state index in [4.69, 9.17) is 69.6 Å². The van der Waals surface area contributed by atoms with Crippen LogP contribution >= 0.6 is 69.6 Å². The summed E-state index contributed by atoms with van der Waals surface area (Å²) in [6, 6.07) is 0. The second-order valence-electron chi connectivity index (χ2n) is 2.67. The topological polar surface area (TPSA) is 0 Å². The third kappa shape index (κ3) is 12.9. The fourth-order valence-corrected chi connectivity index (χ4v) is 3.38. The maximum atomic E-state index is 5.88. The molecule has 1 fully saturated rings. The summed E-state index contributed by atoms with van der Waals surface area (Å²) in [7, 11) is 0. The molecule has 1 aliphatic carbocycles. The lowest BCUT2D eigenvalue weighted by Gasteiger charge is -2.37. The molecule has 0 amide bonds. The summed E-state index contributed by atoms with van der Waals surface area (Å²) < 4.78 is 0. The molecule has 0 nitrogen and oxygen atoms in total. The first-order valence-corrected chi connectivity index (χ1v) is 8.43. The van der Waals surface area contributed by atoms with Gasteiger partial charge in [-0.3, -0.25) is 0 Å². The van der Waals surface area contributed by atoms with Gasteiger partial charge in [0.15, 0.2) is 0 Å². The summed E-state index contributed by atoms with van der Waals surface area (Å²) in [5, 5.41) is -2.62. The summed E-state index contributed by atoms with van der Waals surface area (Å²) >= 11 is 35.3. The van der Waals surface area contributed by atoms with Crippen molar-refractivity contribution in [3.8, 4) is 0 Å². The highest BCUT2D eigenvalue weighted by Gasteiger charge is 2.46. The molecular formula is C16H26Cl6. The number of halogens is 6. The average molecular weight is 431 g/mol. The van der Waals surface area contributed by atoms with Crippen molar-refractivity contribution >= 4 is 69.6 Å². The van der Waals surface area contributed by atoms with Crippen molar-refractivity contribution in [2.24, 2.45) is 0 Å². The SMILES string of the molecule is C=C.C=C.C=C.C=C.C=C.Cl[C@H]1[C@H](Cl)[C@@H](Cl)[C@@H](Cl)[C@H](Cl)[C@H]1Cl. The second-order valence-corrected chi connectivity index (χ2v) is 5.69. The molecule has 0 saturated heterocycles. The summed E-state index contributed by atoms with van der Waals surface area (Å²) in [4.78, 5) is 0. The Morgan fingerprint density at radius 1 is 0.273 bits per heavy atom. The van der Waals surface area contributed by atoms with Gasteiger partial charge in [-0.2, -0.15) is 0 Å². The van der Waals surface area contributed by atoms with Crippen molar-refractivity contribution in [1.29, 1.82) is 0 Å². The highest BCUT2D eigenvalue weighted by Crippen LogP contribution is 2.39. The number of alkyl halides is 6. The van der Waals surface area contributed by atoms with Crippen LogP contribution in [-0.4, -0.2) is 32.3 Å². The van der Waals surface area contributed by atoms with Gasteiger partial charge in [-0.05, 0) is 0 Å². The van der Waals surface area contributed by atoms with Gasteiger partial charge in [0.25, 0.3) is 0 Å². The quantitative estimate of drug-likeness (QED) is 0.273. The first kappa shape index (κ1) is 33.9. The van der Waals surface area contributed by atoms with Gasteiger partial charge in [-0.15, -0.1) is 135 Å². The lowest BCUT2D eigenvalue weighted by Crippen LogP contribution is -2.52. The van der Waals surface area contributed by atoms with E-state index in [0.717, 1.165) is 0 Å². The fraction of sp³-hybridized carbons (Fsp3) is 0.375. The lowest BCUT2D eigenvalue weighted by molar-refractivity contribution is 0.544. The van der Waals surface area contributed by atoms with Crippen molar-refractivity contribution < 1.29 is 0 Å². The first-order valence-electron chi connectivity index (χ1n) is 5.81. The van der Waals surface area contributed by atoms with Crippen LogP contribution in [0.2, 0.25) is 0 Å². The molecule has 0 bridgehead atoms. The molecule has 0 atom stereocenters. The normalized spacial score (nSPS) is 31.2. The Bertz CT molecular complexity index is 157. The molecule has 0 heterocycles. The van der Waals surface area contributed by atoms with E-state index < -0.39 is 32.3 Å². The fourth-order valence-electron chi connectivity index (χ4n) is 1.05. The van der Waals surface area contributed by atoms with Gasteiger partial charge in [-0.25, -0.2) is 0 Å². The van der Waals surface area contributed by atoms with Crippen LogP contribution < -0.4 is 0 Å². The van der Waals surface area contributed by atoms with Crippen LogP contribution in [0.4, 0.5) is 0 Å². The Hall–Kier alpha value is 0.440. The van der Waals surface area contributed by atoms with Gasteiger partial charge >= 0.3 is 0 Å². The molecule has 132 valence electrons. The van der Waals surface area contributed by atoms with E-state index in [2.05, 4.69) is 65.8 Å². The molecule has 0 aliphatic heterocycles. The van der Waals surface area contributed by atoms with Gasteiger partial charge in [-0.1, -0.05) is 0 Å². The van der Waals surface area contributed by atoms with E-state index >= 15 is 0 Å². The number of rotatable bonds is 0. The van der Waals surface area contributed by atoms with E-state index in [-0.39, 0.29) is 0 Å². The first-order chi connectivity index (χ1) is 10.5. The van der Waals surface area contributed by atoms with Gasteiger partial charge in [0.1, 0.15) is 0 Å². The van der Waals surface area contributed by atoms with E-state index in [0.29, 0.717) is 0 Å². The zero-order valence-electron chi connectivity index (χ0n) is 12.8. The van der Waals surface area contributed by atoms with Crippen molar-refractivity contribution in [2.45, 2.75) is 32.3 Å². The van der Waals surface area contributed by atoms with E-state index in [1.54, 1.807) is 0 Å². The van der Waals surface area contributed by atoms with Crippen LogP contribution in [0.1, 0.15) is 0 Å². The molecule has 0 aromatic carbocycles. The molecule has 1 rings (SSSR count). The molecule has 0 aromatic heterocycles. The minimum absolute atomic E-state index is 0.437. The Balaban J connectivity index is -0.0000000822. The predicted octanol–water partition coefficient (Wildman–Crippen LogP) is 7.66. The smallest absolute Gasteiger partial charge is 0.0693 e. The molecule has 6 heteroatoms. The van der Waals surface area contributed by atoms with Gasteiger partial charge in [0, 0.05) is 0 Å². The summed E-state index contributed by atoms with van der Waals surface area (Å²) in [6.07, 6.45) is 0. The molecule has 0 spiro atoms. The van der Waals surface area contributed by atoms with Crippen LogP contribution in [0.25, 0.3) is 0 Å². The number of hydrogen-bond acceptors (Lipinski definition) is 0. The highest BCUT2D eigenvalue weighted by molar-refractivity contribution is 6.45. The van der Waals surface area contributed by atoms with Gasteiger partial charge < -0.3 is 0 Å². The molecule has 1 saturated carbocycles. The van der Waals surface area contributed by atoms with Crippen molar-refractivity contribution in [3.05, 3.63) is 65.8 Å². The maximum absolute atomic E-state index is 5.88. The van der Waals surface area contributed by atoms with E-state index in [1.165, 1.54) is 0 Å². The molecule has 0 aromatic rings. The molecule has 0 unspecified atom stereocenters. The largest absolute Gasteiger partial charge is 0.120 e. The highest BCUT2D eigenvalue weighted by atomic mass is 35.5. The summed E-state index contributed by atoms with van der Waals surface area (Å²) in [6.45, 7) is 30.0. The molecule has 0 radical (unpaired) electrons. The Morgan fingerprint density at radius 3 is 0.364 bits per heavy atom. The second kappa shape index (κ2) is 26.3. The van der Waals surface area contributed by atoms with Gasteiger partial charge in [0.05, 0.1) is 32.3 Å². The molecule has 0 N–H and O–H groups in total. The summed E-state index contributed by atoms with van der Waals surface area (Å²) in [5.41, 5.74) is 0. The van der Waals surface area contributed by atoms with E-state index in [9.17, 15) is 0 Å². The van der Waals surface area contributed by atoms with Crippen LogP contribution in [0.5, 0.6) is 0 Å². The van der Waals surface area contributed by atoms with Crippen LogP contribution in [0.3, 0.4) is 0 Å². The van der Waals surface area contributed by atoms with E-state index in [1.807, 2.05) is 0 Å². The van der Waals surface area contributed by atoms with Crippen molar-refractivity contribution in [3.63, 3.8) is 0 Å². The Kier molecular flexibility index (Phi) is 40.6. The monoisotopic (exact) mass is 428 g/mol. The standard InChI is InChI=1S/C6H6Cl6.5C2H4/c7-1-2(8)4(10)6(12)5(11)3(1)9;5*1-2/h1-6H;5*1-2H2/t1-,2-,3-,4+,5+,6+;;;;;. The average Bonchev–Trinajstić information content (AvgIpc) is 2.65. The number of hydrogen-bond donors (Lipinski definition) is 0. The summed E-state index contributed by atoms with van der Waals surface area (Å²) in [5.74, 6) is 0. The van der Waals surface area contributed by atoms with Crippen molar-refractivity contribution in [1.82, 2.24) is 0 Å².